The molecule has 0 unspecified atom stereocenters. The number of nitrogens with zero attached hydrogens (tertiary/aromatic N) is 1. The van der Waals surface area contributed by atoms with Gasteiger partial charge in [-0.2, -0.15) is 5.26 Å². The molecule has 1 aromatic carbocycles. The van der Waals surface area contributed by atoms with Crippen LogP contribution >= 0.6 is 0 Å². The molecular weight excluding hydrogens is 350 g/mol. The highest BCUT2D eigenvalue weighted by molar-refractivity contribution is 5.93. The summed E-state index contributed by atoms with van der Waals surface area (Å²) in [6.07, 6.45) is 4.43. The monoisotopic (exact) mass is 365 g/mol. The zero-order valence-corrected chi connectivity index (χ0v) is 14.5. The van der Waals surface area contributed by atoms with Crippen LogP contribution in [0, 0.1) is 11.3 Å². The Morgan fingerprint density at radius 3 is 2.85 bits per heavy atom. The lowest BCUT2D eigenvalue weighted by molar-refractivity contribution is -0.142. The molecule has 0 saturated heterocycles. The molecule has 0 radical (unpaired) electrons. The third-order valence-electron chi connectivity index (χ3n) is 3.92. The second-order valence-electron chi connectivity index (χ2n) is 5.88. The fourth-order valence-electron chi connectivity index (χ4n) is 2.61. The number of carbonyl (C=O) groups excluding carboxylic acids is 2. The van der Waals surface area contributed by atoms with Gasteiger partial charge in [-0.25, -0.2) is 9.59 Å². The number of fused-ring (bicyclic) bond motifs is 1. The van der Waals surface area contributed by atoms with Gasteiger partial charge in [0.25, 0.3) is 0 Å². The van der Waals surface area contributed by atoms with Gasteiger partial charge in [0, 0.05) is 18.7 Å². The summed E-state index contributed by atoms with van der Waals surface area (Å²) < 4.78 is 15.4. The molecule has 2 aromatic rings. The first-order valence-corrected chi connectivity index (χ1v) is 8.20. The van der Waals surface area contributed by atoms with E-state index >= 15 is 0 Å². The van der Waals surface area contributed by atoms with Crippen molar-refractivity contribution in [1.29, 1.82) is 5.26 Å². The van der Waals surface area contributed by atoms with E-state index in [2.05, 4.69) is 0 Å². The predicted molar refractivity (Wildman–Crippen MR) is 94.4 cm³/mol. The Bertz CT molecular complexity index is 1080. The zero-order valence-electron chi connectivity index (χ0n) is 14.5. The average Bonchev–Trinajstić information content (AvgIpc) is 2.66. The largest absolute Gasteiger partial charge is 0.461 e. The van der Waals surface area contributed by atoms with E-state index in [-0.39, 0.29) is 23.5 Å². The van der Waals surface area contributed by atoms with Crippen LogP contribution in [-0.4, -0.2) is 11.9 Å². The Morgan fingerprint density at radius 1 is 1.30 bits per heavy atom. The van der Waals surface area contributed by atoms with E-state index < -0.39 is 17.6 Å². The van der Waals surface area contributed by atoms with Gasteiger partial charge in [0.05, 0.1) is 5.57 Å². The molecule has 7 heteroatoms. The summed E-state index contributed by atoms with van der Waals surface area (Å²) in [5.74, 6) is -1.07. The number of carbonyl (C=O) groups is 2. The molecule has 1 aromatic heterocycles. The summed E-state index contributed by atoms with van der Waals surface area (Å²) in [6.45, 7) is 1.37. The molecular formula is C20H15NO6. The van der Waals surface area contributed by atoms with Crippen LogP contribution in [-0.2, 0) is 20.9 Å². The number of ether oxygens (including phenoxy) is 2. The molecule has 1 aliphatic carbocycles. The van der Waals surface area contributed by atoms with E-state index in [1.54, 1.807) is 24.3 Å². The highest BCUT2D eigenvalue weighted by atomic mass is 16.5. The number of benzene rings is 1. The molecule has 1 heterocycles. The van der Waals surface area contributed by atoms with Crippen LogP contribution in [0.5, 0.6) is 0 Å². The number of nitriles is 1. The molecule has 0 fully saturated rings. The smallest absolute Gasteiger partial charge is 0.351 e. The Morgan fingerprint density at radius 2 is 2.11 bits per heavy atom. The average molecular weight is 365 g/mol. The maximum absolute atomic E-state index is 12.4. The summed E-state index contributed by atoms with van der Waals surface area (Å²) in [7, 11) is 0. The van der Waals surface area contributed by atoms with E-state index in [4.69, 9.17) is 19.2 Å². The lowest BCUT2D eigenvalue weighted by Crippen LogP contribution is -2.17. The summed E-state index contributed by atoms with van der Waals surface area (Å²) in [5, 5.41) is 9.58. The molecule has 0 saturated carbocycles. The minimum Gasteiger partial charge on any atom is -0.461 e. The van der Waals surface area contributed by atoms with Gasteiger partial charge in [-0.3, -0.25) is 4.79 Å². The van der Waals surface area contributed by atoms with Crippen LogP contribution in [0.15, 0.2) is 57.0 Å². The summed E-state index contributed by atoms with van der Waals surface area (Å²) in [4.78, 5) is 35.5. The SMILES string of the molecule is CC(=O)OCc1ccc2oc(=O)c(C(=O)OC3=C(C#N)C=CCC3)cc2c1. The number of allylic oxidation sites excluding steroid dienone is 4. The van der Waals surface area contributed by atoms with Crippen LogP contribution in [0.25, 0.3) is 11.0 Å². The van der Waals surface area contributed by atoms with E-state index in [1.165, 1.54) is 13.0 Å². The normalized spacial score (nSPS) is 13.3. The van der Waals surface area contributed by atoms with Crippen molar-refractivity contribution >= 4 is 22.9 Å². The van der Waals surface area contributed by atoms with Crippen LogP contribution in [0.2, 0.25) is 0 Å². The van der Waals surface area contributed by atoms with Gasteiger partial charge in [0.2, 0.25) is 0 Å². The second kappa shape index (κ2) is 7.70. The van der Waals surface area contributed by atoms with Crippen molar-refractivity contribution in [2.45, 2.75) is 26.4 Å². The minimum absolute atomic E-state index is 0.0644. The van der Waals surface area contributed by atoms with Gasteiger partial charge in [-0.15, -0.1) is 0 Å². The zero-order chi connectivity index (χ0) is 19.4. The van der Waals surface area contributed by atoms with Crippen molar-refractivity contribution in [3.05, 3.63) is 69.3 Å². The van der Waals surface area contributed by atoms with Gasteiger partial charge in [0.1, 0.15) is 29.6 Å². The van der Waals surface area contributed by atoms with E-state index in [1.807, 2.05) is 12.1 Å². The molecule has 136 valence electrons. The van der Waals surface area contributed by atoms with Crippen molar-refractivity contribution in [2.75, 3.05) is 0 Å². The quantitative estimate of drug-likeness (QED) is 0.605. The maximum Gasteiger partial charge on any atom is 0.351 e. The van der Waals surface area contributed by atoms with Crippen molar-refractivity contribution in [3.8, 4) is 6.07 Å². The van der Waals surface area contributed by atoms with Gasteiger partial charge < -0.3 is 13.9 Å². The standard InChI is InChI=1S/C20H15NO6/c1-12(22)25-11-13-6-7-18-15(8-13)9-16(20(24)27-18)19(23)26-17-5-3-2-4-14(17)10-21/h2,4,6-9H,3,5,11H2,1H3. The van der Waals surface area contributed by atoms with Gasteiger partial charge >= 0.3 is 17.6 Å². The summed E-state index contributed by atoms with van der Waals surface area (Å²) in [6, 6.07) is 8.20. The van der Waals surface area contributed by atoms with Gasteiger partial charge in [0.15, 0.2) is 0 Å². The molecule has 0 bridgehead atoms. The van der Waals surface area contributed by atoms with Gasteiger partial charge in [-0.05, 0) is 36.3 Å². The highest BCUT2D eigenvalue weighted by Gasteiger charge is 2.20. The molecule has 0 aliphatic heterocycles. The molecule has 1 aliphatic rings. The summed E-state index contributed by atoms with van der Waals surface area (Å²) in [5.41, 5.74) is 0.124. The highest BCUT2D eigenvalue weighted by Crippen LogP contribution is 2.22. The van der Waals surface area contributed by atoms with Crippen LogP contribution < -0.4 is 5.63 Å². The lowest BCUT2D eigenvalue weighted by Gasteiger charge is -2.11. The first-order chi connectivity index (χ1) is 13.0. The third-order valence-corrected chi connectivity index (χ3v) is 3.92. The topological polar surface area (TPSA) is 107 Å². The fraction of sp³-hybridized carbons (Fsp3) is 0.200. The summed E-state index contributed by atoms with van der Waals surface area (Å²) >= 11 is 0. The van der Waals surface area contributed by atoms with E-state index in [0.29, 0.717) is 29.4 Å². The molecule has 7 nitrogen and oxygen atoms in total. The minimum atomic E-state index is -0.880. The van der Waals surface area contributed by atoms with Crippen LogP contribution in [0.3, 0.4) is 0 Å². The van der Waals surface area contributed by atoms with Crippen molar-refractivity contribution in [1.82, 2.24) is 0 Å². The number of rotatable bonds is 4. The van der Waals surface area contributed by atoms with Crippen molar-refractivity contribution in [2.24, 2.45) is 0 Å². The molecule has 0 N–H and O–H groups in total. The van der Waals surface area contributed by atoms with Crippen molar-refractivity contribution < 1.29 is 23.5 Å². The Balaban J connectivity index is 1.92. The number of hydrogen-bond donors (Lipinski definition) is 0. The van der Waals surface area contributed by atoms with E-state index in [9.17, 15) is 14.4 Å². The second-order valence-corrected chi connectivity index (χ2v) is 5.88. The lowest BCUT2D eigenvalue weighted by atomic mass is 10.1. The number of hydrogen-bond acceptors (Lipinski definition) is 7. The van der Waals surface area contributed by atoms with Crippen LogP contribution in [0.4, 0.5) is 0 Å². The Labute approximate surface area is 154 Å². The molecule has 3 rings (SSSR count). The van der Waals surface area contributed by atoms with Crippen LogP contribution in [0.1, 0.15) is 35.7 Å². The molecule has 0 amide bonds. The predicted octanol–water partition coefficient (Wildman–Crippen LogP) is 3.14. The van der Waals surface area contributed by atoms with E-state index in [0.717, 1.165) is 0 Å². The Hall–Kier alpha value is -3.66. The molecule has 0 spiro atoms. The maximum atomic E-state index is 12.4. The first kappa shape index (κ1) is 18.1. The van der Waals surface area contributed by atoms with Gasteiger partial charge in [-0.1, -0.05) is 12.1 Å². The molecule has 27 heavy (non-hydrogen) atoms. The number of esters is 2. The third kappa shape index (κ3) is 4.12. The molecule has 0 atom stereocenters. The fourth-order valence-corrected chi connectivity index (χ4v) is 2.61. The Kier molecular flexibility index (Phi) is 5.18. The van der Waals surface area contributed by atoms with Crippen molar-refractivity contribution in [3.63, 3.8) is 0 Å². The first-order valence-electron chi connectivity index (χ1n) is 8.20.